The third-order valence-electron chi connectivity index (χ3n) is 3.57. The van der Waals surface area contributed by atoms with Crippen molar-refractivity contribution in [3.05, 3.63) is 24.0 Å². The zero-order valence-corrected chi connectivity index (χ0v) is 11.6. The number of hydrogen-bond donors (Lipinski definition) is 1. The van der Waals surface area contributed by atoms with E-state index in [1.54, 1.807) is 24.2 Å². The van der Waals surface area contributed by atoms with E-state index in [4.69, 9.17) is 9.84 Å². The number of carbonyl (C=O) groups excluding carboxylic acids is 1. The van der Waals surface area contributed by atoms with Crippen molar-refractivity contribution in [1.82, 2.24) is 9.47 Å². The average Bonchev–Trinajstić information content (AvgIpc) is 2.88. The highest BCUT2D eigenvalue weighted by Gasteiger charge is 2.20. The van der Waals surface area contributed by atoms with E-state index in [1.165, 1.54) is 10.6 Å². The molecular weight excluding hydrogens is 260 g/mol. The van der Waals surface area contributed by atoms with Gasteiger partial charge >= 0.3 is 5.97 Å². The van der Waals surface area contributed by atoms with E-state index in [0.717, 1.165) is 19.4 Å². The minimum absolute atomic E-state index is 0.0543. The maximum atomic E-state index is 12.1. The topological polar surface area (TPSA) is 71.8 Å². The zero-order chi connectivity index (χ0) is 14.5. The van der Waals surface area contributed by atoms with E-state index in [-0.39, 0.29) is 18.1 Å². The van der Waals surface area contributed by atoms with Gasteiger partial charge in [0, 0.05) is 26.4 Å². The van der Waals surface area contributed by atoms with Crippen molar-refractivity contribution in [2.24, 2.45) is 5.92 Å². The van der Waals surface area contributed by atoms with Gasteiger partial charge in [0.1, 0.15) is 12.2 Å². The Bertz CT molecular complexity index is 477. The molecule has 6 nitrogen and oxygen atoms in total. The molecule has 1 N–H and O–H groups in total. The number of aromatic carboxylic acids is 1. The molecule has 0 saturated carbocycles. The number of amides is 1. The van der Waals surface area contributed by atoms with Crippen LogP contribution in [0.15, 0.2) is 18.3 Å². The van der Waals surface area contributed by atoms with E-state index >= 15 is 0 Å². The van der Waals surface area contributed by atoms with Crippen LogP contribution in [0, 0.1) is 5.92 Å². The summed E-state index contributed by atoms with van der Waals surface area (Å²) in [5.74, 6) is -0.735. The second-order valence-electron chi connectivity index (χ2n) is 5.18. The molecule has 1 atom stereocenters. The number of aromatic nitrogens is 1. The Labute approximate surface area is 117 Å². The van der Waals surface area contributed by atoms with Crippen LogP contribution in [0.1, 0.15) is 23.3 Å². The Kier molecular flexibility index (Phi) is 4.79. The third kappa shape index (κ3) is 3.60. The molecule has 1 unspecified atom stereocenters. The second kappa shape index (κ2) is 6.56. The molecule has 1 aliphatic rings. The summed E-state index contributed by atoms with van der Waals surface area (Å²) >= 11 is 0. The van der Waals surface area contributed by atoms with Crippen molar-refractivity contribution in [2.45, 2.75) is 19.4 Å². The van der Waals surface area contributed by atoms with Crippen LogP contribution in [-0.2, 0) is 16.1 Å². The van der Waals surface area contributed by atoms with Crippen LogP contribution < -0.4 is 0 Å². The van der Waals surface area contributed by atoms with Crippen LogP contribution in [0.3, 0.4) is 0 Å². The standard InChI is InChI=1S/C14H20N2O4/c1-15(8-11-4-3-7-20-10-11)13(17)9-16-6-2-5-12(16)14(18)19/h2,5-6,11H,3-4,7-10H2,1H3,(H,18,19). The number of carboxylic acid groups (broad SMARTS) is 1. The molecule has 0 radical (unpaired) electrons. The first-order valence-corrected chi connectivity index (χ1v) is 6.78. The molecule has 0 spiro atoms. The summed E-state index contributed by atoms with van der Waals surface area (Å²) in [6.07, 6.45) is 3.72. The second-order valence-corrected chi connectivity index (χ2v) is 5.18. The van der Waals surface area contributed by atoms with Crippen molar-refractivity contribution >= 4 is 11.9 Å². The largest absolute Gasteiger partial charge is 0.477 e. The normalized spacial score (nSPS) is 18.8. The summed E-state index contributed by atoms with van der Waals surface area (Å²) in [5, 5.41) is 9.00. The first kappa shape index (κ1) is 14.6. The van der Waals surface area contributed by atoms with Gasteiger partial charge in [-0.15, -0.1) is 0 Å². The third-order valence-corrected chi connectivity index (χ3v) is 3.57. The lowest BCUT2D eigenvalue weighted by Crippen LogP contribution is -2.37. The van der Waals surface area contributed by atoms with Crippen LogP contribution in [0.2, 0.25) is 0 Å². The first-order valence-electron chi connectivity index (χ1n) is 6.78. The summed E-state index contributed by atoms with van der Waals surface area (Å²) in [7, 11) is 1.75. The van der Waals surface area contributed by atoms with Gasteiger partial charge in [0.05, 0.1) is 6.61 Å². The number of hydrogen-bond acceptors (Lipinski definition) is 3. The fourth-order valence-corrected chi connectivity index (χ4v) is 2.45. The summed E-state index contributed by atoms with van der Waals surface area (Å²) in [5.41, 5.74) is 0.132. The fraction of sp³-hybridized carbons (Fsp3) is 0.571. The van der Waals surface area contributed by atoms with E-state index in [2.05, 4.69) is 0 Å². The Morgan fingerprint density at radius 3 is 3.00 bits per heavy atom. The number of carboxylic acids is 1. The van der Waals surface area contributed by atoms with Gasteiger partial charge in [-0.2, -0.15) is 0 Å². The van der Waals surface area contributed by atoms with Gasteiger partial charge in [0.2, 0.25) is 5.91 Å². The minimum atomic E-state index is -1.02. The molecule has 2 rings (SSSR count). The molecule has 1 saturated heterocycles. The number of nitrogens with zero attached hydrogens (tertiary/aromatic N) is 2. The molecule has 1 fully saturated rings. The van der Waals surface area contributed by atoms with Crippen molar-refractivity contribution < 1.29 is 19.4 Å². The highest BCUT2D eigenvalue weighted by molar-refractivity contribution is 5.86. The number of carbonyl (C=O) groups is 2. The first-order chi connectivity index (χ1) is 9.58. The average molecular weight is 280 g/mol. The predicted molar refractivity (Wildman–Crippen MR) is 72.6 cm³/mol. The van der Waals surface area contributed by atoms with Gasteiger partial charge in [-0.05, 0) is 30.9 Å². The lowest BCUT2D eigenvalue weighted by molar-refractivity contribution is -0.131. The van der Waals surface area contributed by atoms with Crippen LogP contribution in [0.4, 0.5) is 0 Å². The zero-order valence-electron chi connectivity index (χ0n) is 11.6. The van der Waals surface area contributed by atoms with Crippen molar-refractivity contribution in [1.29, 1.82) is 0 Å². The van der Waals surface area contributed by atoms with Gasteiger partial charge in [-0.3, -0.25) is 4.79 Å². The maximum absolute atomic E-state index is 12.1. The molecule has 20 heavy (non-hydrogen) atoms. The van der Waals surface area contributed by atoms with Gasteiger partial charge in [-0.1, -0.05) is 0 Å². The van der Waals surface area contributed by atoms with E-state index in [1.807, 2.05) is 0 Å². The Morgan fingerprint density at radius 1 is 1.55 bits per heavy atom. The minimum Gasteiger partial charge on any atom is -0.477 e. The Morgan fingerprint density at radius 2 is 2.35 bits per heavy atom. The van der Waals surface area contributed by atoms with Crippen LogP contribution >= 0.6 is 0 Å². The molecule has 0 bridgehead atoms. The SMILES string of the molecule is CN(CC1CCCOC1)C(=O)Cn1cccc1C(=O)O. The highest BCUT2D eigenvalue weighted by atomic mass is 16.5. The Hall–Kier alpha value is -1.82. The van der Waals surface area contributed by atoms with Crippen LogP contribution in [0.25, 0.3) is 0 Å². The summed E-state index contributed by atoms with van der Waals surface area (Å²) in [4.78, 5) is 24.8. The molecule has 6 heteroatoms. The van der Waals surface area contributed by atoms with Gasteiger partial charge < -0.3 is 19.3 Å². The summed E-state index contributed by atoms with van der Waals surface area (Å²) in [6.45, 7) is 2.21. The van der Waals surface area contributed by atoms with Gasteiger partial charge in [0.15, 0.2) is 0 Å². The molecule has 1 aromatic rings. The number of rotatable bonds is 5. The van der Waals surface area contributed by atoms with Crippen molar-refractivity contribution in [3.8, 4) is 0 Å². The summed E-state index contributed by atoms with van der Waals surface area (Å²) < 4.78 is 6.86. The molecule has 1 aliphatic heterocycles. The molecule has 0 aromatic carbocycles. The lowest BCUT2D eigenvalue weighted by Gasteiger charge is -2.27. The quantitative estimate of drug-likeness (QED) is 0.875. The van der Waals surface area contributed by atoms with E-state index in [0.29, 0.717) is 19.1 Å². The van der Waals surface area contributed by atoms with Gasteiger partial charge in [-0.25, -0.2) is 4.79 Å². The molecular formula is C14H20N2O4. The number of likely N-dealkylation sites (N-methyl/N-ethyl adjacent to an activating group) is 1. The lowest BCUT2D eigenvalue weighted by atomic mass is 10.0. The van der Waals surface area contributed by atoms with Gasteiger partial charge in [0.25, 0.3) is 0 Å². The molecule has 2 heterocycles. The predicted octanol–water partition coefficient (Wildman–Crippen LogP) is 1.07. The molecule has 1 amide bonds. The Balaban J connectivity index is 1.90. The van der Waals surface area contributed by atoms with Crippen LogP contribution in [-0.4, -0.2) is 53.3 Å². The van der Waals surface area contributed by atoms with Crippen LogP contribution in [0.5, 0.6) is 0 Å². The maximum Gasteiger partial charge on any atom is 0.352 e. The molecule has 1 aromatic heterocycles. The monoisotopic (exact) mass is 280 g/mol. The number of ether oxygens (including phenoxy) is 1. The van der Waals surface area contributed by atoms with Crippen molar-refractivity contribution in [2.75, 3.05) is 26.8 Å². The molecule has 0 aliphatic carbocycles. The summed E-state index contributed by atoms with van der Waals surface area (Å²) in [6, 6.07) is 3.12. The highest BCUT2D eigenvalue weighted by Crippen LogP contribution is 2.14. The van der Waals surface area contributed by atoms with E-state index < -0.39 is 5.97 Å². The smallest absolute Gasteiger partial charge is 0.352 e. The van der Waals surface area contributed by atoms with E-state index in [9.17, 15) is 9.59 Å². The molecule has 110 valence electrons. The fourth-order valence-electron chi connectivity index (χ4n) is 2.45. The van der Waals surface area contributed by atoms with Crippen molar-refractivity contribution in [3.63, 3.8) is 0 Å².